The topological polar surface area (TPSA) is 27.6 Å². The Kier molecular flexibility index (Phi) is 0.762. The van der Waals surface area contributed by atoms with E-state index in [1.807, 2.05) is 0 Å². The Morgan fingerprint density at radius 2 is 1.88 bits per heavy atom. The standard InChI is InChI=1S/C7H13N/c8-7-3-1-6(5-7)2-4-7/h6H,1-5,8H2/p+1. The molecule has 8 heavy (non-hydrogen) atoms. The van der Waals surface area contributed by atoms with Crippen molar-refractivity contribution in [2.45, 2.75) is 37.6 Å². The van der Waals surface area contributed by atoms with Gasteiger partial charge in [0.15, 0.2) is 0 Å². The molecule has 2 saturated carbocycles. The van der Waals surface area contributed by atoms with Crippen LogP contribution in [0.25, 0.3) is 0 Å². The Bertz CT molecular complexity index is 101. The highest BCUT2D eigenvalue weighted by molar-refractivity contribution is 4.94. The zero-order valence-corrected chi connectivity index (χ0v) is 5.32. The minimum absolute atomic E-state index is 0.560. The van der Waals surface area contributed by atoms with E-state index in [4.69, 9.17) is 0 Å². The van der Waals surface area contributed by atoms with Gasteiger partial charge in [-0.25, -0.2) is 0 Å². The van der Waals surface area contributed by atoms with Crippen LogP contribution in [0.3, 0.4) is 0 Å². The zero-order chi connectivity index (χ0) is 5.61. The molecule has 0 aromatic carbocycles. The molecule has 0 atom stereocenters. The third-order valence-electron chi connectivity index (χ3n) is 2.89. The van der Waals surface area contributed by atoms with Crippen LogP contribution in [-0.4, -0.2) is 5.54 Å². The van der Waals surface area contributed by atoms with Crippen molar-refractivity contribution in [3.63, 3.8) is 0 Å². The summed E-state index contributed by atoms with van der Waals surface area (Å²) in [6, 6.07) is 0. The molecule has 2 fully saturated rings. The molecule has 1 heteroatoms. The Hall–Kier alpha value is -0.0400. The summed E-state index contributed by atoms with van der Waals surface area (Å²) in [5.41, 5.74) is 4.79. The highest BCUT2D eigenvalue weighted by atomic mass is 14.8. The second-order valence-corrected chi connectivity index (χ2v) is 3.65. The highest BCUT2D eigenvalue weighted by Crippen LogP contribution is 2.44. The lowest BCUT2D eigenvalue weighted by Crippen LogP contribution is -2.70. The zero-order valence-electron chi connectivity index (χ0n) is 5.32. The maximum Gasteiger partial charge on any atom is 0.0948 e. The Labute approximate surface area is 50.3 Å². The third-order valence-corrected chi connectivity index (χ3v) is 2.89. The van der Waals surface area contributed by atoms with E-state index >= 15 is 0 Å². The lowest BCUT2D eigenvalue weighted by Gasteiger charge is -2.15. The molecule has 0 saturated heterocycles. The molecule has 2 bridgehead atoms. The molecular weight excluding hydrogens is 98.1 g/mol. The molecule has 0 unspecified atom stereocenters. The molecule has 0 radical (unpaired) electrons. The second kappa shape index (κ2) is 1.27. The molecular formula is C7H14N+. The van der Waals surface area contributed by atoms with Crippen LogP contribution in [0.2, 0.25) is 0 Å². The molecule has 0 spiro atoms. The van der Waals surface area contributed by atoms with Crippen molar-refractivity contribution < 1.29 is 5.73 Å². The van der Waals surface area contributed by atoms with E-state index in [0.29, 0.717) is 5.54 Å². The third kappa shape index (κ3) is 0.510. The molecule has 2 aliphatic carbocycles. The van der Waals surface area contributed by atoms with Gasteiger partial charge in [-0.15, -0.1) is 0 Å². The van der Waals surface area contributed by atoms with E-state index < -0.39 is 0 Å². The summed E-state index contributed by atoms with van der Waals surface area (Å²) in [5.74, 6) is 1.08. The first kappa shape index (κ1) is 4.80. The van der Waals surface area contributed by atoms with Crippen LogP contribution in [-0.2, 0) is 0 Å². The van der Waals surface area contributed by atoms with Gasteiger partial charge in [0, 0.05) is 19.3 Å². The van der Waals surface area contributed by atoms with Gasteiger partial charge in [-0.2, -0.15) is 0 Å². The highest BCUT2D eigenvalue weighted by Gasteiger charge is 2.44. The van der Waals surface area contributed by atoms with Gasteiger partial charge in [0.25, 0.3) is 0 Å². The minimum atomic E-state index is 0.560. The van der Waals surface area contributed by atoms with E-state index in [2.05, 4.69) is 5.73 Å². The Balaban J connectivity index is 2.19. The first-order valence-corrected chi connectivity index (χ1v) is 3.64. The number of hydrogen-bond acceptors (Lipinski definition) is 0. The van der Waals surface area contributed by atoms with Crippen molar-refractivity contribution >= 4 is 0 Å². The summed E-state index contributed by atoms with van der Waals surface area (Å²) in [6.07, 6.45) is 7.22. The number of quaternary nitrogens is 1. The van der Waals surface area contributed by atoms with Crippen LogP contribution in [0.4, 0.5) is 0 Å². The molecule has 0 aliphatic heterocycles. The Morgan fingerprint density at radius 1 is 1.25 bits per heavy atom. The number of rotatable bonds is 0. The lowest BCUT2D eigenvalue weighted by atomic mass is 9.95. The van der Waals surface area contributed by atoms with Crippen LogP contribution in [0, 0.1) is 5.92 Å². The van der Waals surface area contributed by atoms with Crippen LogP contribution < -0.4 is 5.73 Å². The fourth-order valence-electron chi connectivity index (χ4n) is 2.31. The van der Waals surface area contributed by atoms with Gasteiger partial charge in [0.05, 0.1) is 5.54 Å². The molecule has 0 aromatic rings. The summed E-state index contributed by atoms with van der Waals surface area (Å²) >= 11 is 0. The average molecular weight is 112 g/mol. The van der Waals surface area contributed by atoms with Crippen LogP contribution >= 0.6 is 0 Å². The largest absolute Gasteiger partial charge is 0.353 e. The van der Waals surface area contributed by atoms with Gasteiger partial charge in [0.1, 0.15) is 0 Å². The van der Waals surface area contributed by atoms with Crippen molar-refractivity contribution in [1.82, 2.24) is 0 Å². The van der Waals surface area contributed by atoms with Crippen LogP contribution in [0.1, 0.15) is 32.1 Å². The maximum atomic E-state index is 4.23. The minimum Gasteiger partial charge on any atom is -0.353 e. The van der Waals surface area contributed by atoms with Gasteiger partial charge < -0.3 is 5.73 Å². The molecule has 0 heterocycles. The summed E-state index contributed by atoms with van der Waals surface area (Å²) in [5, 5.41) is 0. The van der Waals surface area contributed by atoms with Crippen molar-refractivity contribution in [2.75, 3.05) is 0 Å². The fourth-order valence-corrected chi connectivity index (χ4v) is 2.31. The normalized spacial score (nSPS) is 52.9. The molecule has 2 aliphatic rings. The van der Waals surface area contributed by atoms with Gasteiger partial charge in [-0.1, -0.05) is 0 Å². The quantitative estimate of drug-likeness (QED) is 0.474. The SMILES string of the molecule is [NH3+]C12CCC(CC1)C2. The number of fused-ring (bicyclic) bond motifs is 2. The summed E-state index contributed by atoms with van der Waals surface area (Å²) < 4.78 is 0. The summed E-state index contributed by atoms with van der Waals surface area (Å²) in [4.78, 5) is 0. The monoisotopic (exact) mass is 112 g/mol. The van der Waals surface area contributed by atoms with Gasteiger partial charge in [-0.3, -0.25) is 0 Å². The van der Waals surface area contributed by atoms with E-state index in [-0.39, 0.29) is 0 Å². The molecule has 3 N–H and O–H groups in total. The van der Waals surface area contributed by atoms with Crippen molar-refractivity contribution in [3.05, 3.63) is 0 Å². The van der Waals surface area contributed by atoms with Gasteiger partial charge >= 0.3 is 0 Å². The predicted octanol–water partition coefficient (Wildman–Crippen LogP) is 0.561. The molecule has 46 valence electrons. The Morgan fingerprint density at radius 3 is 2.00 bits per heavy atom. The second-order valence-electron chi connectivity index (χ2n) is 3.65. The molecule has 1 nitrogen and oxygen atoms in total. The van der Waals surface area contributed by atoms with Crippen molar-refractivity contribution in [1.29, 1.82) is 0 Å². The molecule has 0 aromatic heterocycles. The van der Waals surface area contributed by atoms with E-state index in [1.54, 1.807) is 0 Å². The maximum absolute atomic E-state index is 4.23. The summed E-state index contributed by atoms with van der Waals surface area (Å²) in [6.45, 7) is 0. The van der Waals surface area contributed by atoms with Crippen molar-refractivity contribution in [2.24, 2.45) is 5.92 Å². The van der Waals surface area contributed by atoms with Crippen LogP contribution in [0.5, 0.6) is 0 Å². The average Bonchev–Trinajstić information content (AvgIpc) is 2.21. The molecule has 2 rings (SSSR count). The first-order valence-electron chi connectivity index (χ1n) is 3.64. The van der Waals surface area contributed by atoms with Gasteiger partial charge in [0.2, 0.25) is 0 Å². The summed E-state index contributed by atoms with van der Waals surface area (Å²) in [7, 11) is 0. The van der Waals surface area contributed by atoms with E-state index in [1.165, 1.54) is 32.1 Å². The fraction of sp³-hybridized carbons (Fsp3) is 1.00. The molecule has 0 amide bonds. The van der Waals surface area contributed by atoms with E-state index in [9.17, 15) is 0 Å². The van der Waals surface area contributed by atoms with Crippen molar-refractivity contribution in [3.8, 4) is 0 Å². The first-order chi connectivity index (χ1) is 3.79. The van der Waals surface area contributed by atoms with Crippen LogP contribution in [0.15, 0.2) is 0 Å². The predicted molar refractivity (Wildman–Crippen MR) is 32.2 cm³/mol. The lowest BCUT2D eigenvalue weighted by molar-refractivity contribution is -0.474. The van der Waals surface area contributed by atoms with E-state index in [0.717, 1.165) is 5.92 Å². The number of hydrogen-bond donors (Lipinski definition) is 1. The van der Waals surface area contributed by atoms with Gasteiger partial charge in [-0.05, 0) is 18.8 Å². The smallest absolute Gasteiger partial charge is 0.0948 e.